The van der Waals surface area contributed by atoms with Gasteiger partial charge in [-0.25, -0.2) is 19.3 Å². The second kappa shape index (κ2) is 7.31. The molecule has 0 amide bonds. The minimum absolute atomic E-state index is 0.272. The van der Waals surface area contributed by atoms with Crippen molar-refractivity contribution in [3.05, 3.63) is 54.2 Å². The van der Waals surface area contributed by atoms with Crippen LogP contribution in [0, 0.1) is 12.7 Å². The normalized spacial score (nSPS) is 22.2. The summed E-state index contributed by atoms with van der Waals surface area (Å²) in [5.41, 5.74) is 1.69. The summed E-state index contributed by atoms with van der Waals surface area (Å²) in [5, 5.41) is 13.4. The molecule has 2 heterocycles. The van der Waals surface area contributed by atoms with E-state index in [1.54, 1.807) is 18.5 Å². The number of aryl methyl sites for hydroxylation is 1. The van der Waals surface area contributed by atoms with Gasteiger partial charge >= 0.3 is 0 Å². The zero-order chi connectivity index (χ0) is 19.7. The van der Waals surface area contributed by atoms with E-state index in [9.17, 15) is 9.50 Å². The number of hydrogen-bond donors (Lipinski definition) is 2. The molecule has 1 aliphatic rings. The fraction of sp³-hybridized carbons (Fsp3) is 0.381. The third-order valence-corrected chi connectivity index (χ3v) is 5.41. The van der Waals surface area contributed by atoms with Crippen molar-refractivity contribution >= 4 is 11.6 Å². The second-order valence-electron chi connectivity index (χ2n) is 7.74. The zero-order valence-electron chi connectivity index (χ0n) is 16.1. The molecule has 3 aromatic rings. The van der Waals surface area contributed by atoms with Crippen LogP contribution >= 0.6 is 0 Å². The Bertz CT molecular complexity index is 974. The molecule has 7 heteroatoms. The predicted molar refractivity (Wildman–Crippen MR) is 106 cm³/mol. The maximum Gasteiger partial charge on any atom is 0.227 e. The summed E-state index contributed by atoms with van der Waals surface area (Å²) in [7, 11) is 0. The van der Waals surface area contributed by atoms with Crippen LogP contribution in [0.4, 0.5) is 16.0 Å². The van der Waals surface area contributed by atoms with Crippen molar-refractivity contribution < 1.29 is 9.50 Å². The maximum atomic E-state index is 13.3. The van der Waals surface area contributed by atoms with E-state index < -0.39 is 5.60 Å². The first-order chi connectivity index (χ1) is 13.4. The van der Waals surface area contributed by atoms with Gasteiger partial charge in [-0.1, -0.05) is 0 Å². The van der Waals surface area contributed by atoms with Crippen LogP contribution in [0.5, 0.6) is 0 Å². The Balaban J connectivity index is 1.58. The van der Waals surface area contributed by atoms with Crippen molar-refractivity contribution in [3.63, 3.8) is 0 Å². The van der Waals surface area contributed by atoms with Crippen molar-refractivity contribution in [1.29, 1.82) is 0 Å². The molecular weight excluding hydrogens is 357 g/mol. The highest BCUT2D eigenvalue weighted by molar-refractivity contribution is 5.60. The fourth-order valence-corrected chi connectivity index (χ4v) is 3.74. The molecule has 0 saturated heterocycles. The molecule has 0 radical (unpaired) electrons. The van der Waals surface area contributed by atoms with Gasteiger partial charge in [-0.05, 0) is 69.4 Å². The minimum atomic E-state index is -0.573. The molecule has 28 heavy (non-hydrogen) atoms. The molecule has 0 aliphatic heterocycles. The number of aliphatic hydroxyl groups is 1. The lowest BCUT2D eigenvalue weighted by atomic mass is 9.83. The van der Waals surface area contributed by atoms with Crippen LogP contribution in [0.2, 0.25) is 0 Å². The Morgan fingerprint density at radius 1 is 1.18 bits per heavy atom. The first kappa shape index (κ1) is 18.6. The number of rotatable bonds is 4. The van der Waals surface area contributed by atoms with E-state index in [1.165, 1.54) is 12.1 Å². The third-order valence-electron chi connectivity index (χ3n) is 5.41. The Morgan fingerprint density at radius 2 is 1.96 bits per heavy atom. The lowest BCUT2D eigenvalue weighted by molar-refractivity contribution is 0.0101. The van der Waals surface area contributed by atoms with E-state index in [0.717, 1.165) is 48.5 Å². The molecule has 0 atom stereocenters. The van der Waals surface area contributed by atoms with Gasteiger partial charge in [-0.3, -0.25) is 0 Å². The maximum absolute atomic E-state index is 13.3. The predicted octanol–water partition coefficient (Wildman–Crippen LogP) is 4.40. The summed E-state index contributed by atoms with van der Waals surface area (Å²) in [6, 6.07) is 6.68. The minimum Gasteiger partial charge on any atom is -0.390 e. The lowest BCUT2D eigenvalue weighted by Gasteiger charge is -2.34. The number of aromatic nitrogens is 4. The van der Waals surface area contributed by atoms with Gasteiger partial charge in [0.15, 0.2) is 5.82 Å². The van der Waals surface area contributed by atoms with Crippen LogP contribution in [0.1, 0.15) is 44.2 Å². The third kappa shape index (κ3) is 3.89. The topological polar surface area (TPSA) is 75.9 Å². The number of nitrogens with zero attached hydrogens (tertiary/aromatic N) is 4. The van der Waals surface area contributed by atoms with Crippen LogP contribution in [-0.2, 0) is 0 Å². The molecule has 1 saturated carbocycles. The average molecular weight is 381 g/mol. The molecule has 0 spiro atoms. The van der Waals surface area contributed by atoms with Gasteiger partial charge in [-0.2, -0.15) is 0 Å². The zero-order valence-corrected chi connectivity index (χ0v) is 16.1. The Hall–Kier alpha value is -2.80. The van der Waals surface area contributed by atoms with Crippen LogP contribution in [0.3, 0.4) is 0 Å². The Kier molecular flexibility index (Phi) is 4.85. The van der Waals surface area contributed by atoms with Gasteiger partial charge in [0.2, 0.25) is 5.95 Å². The fourth-order valence-electron chi connectivity index (χ4n) is 3.74. The number of hydrogen-bond acceptors (Lipinski definition) is 5. The first-order valence-electron chi connectivity index (χ1n) is 9.53. The van der Waals surface area contributed by atoms with Gasteiger partial charge in [0.25, 0.3) is 0 Å². The summed E-state index contributed by atoms with van der Waals surface area (Å²) >= 11 is 0. The SMILES string of the molecule is Cc1cc(F)ccc1Nc1nccc(-c2nccn2C2CCC(C)(O)CC2)n1. The lowest BCUT2D eigenvalue weighted by Crippen LogP contribution is -2.31. The monoisotopic (exact) mass is 381 g/mol. The summed E-state index contributed by atoms with van der Waals surface area (Å²) in [6.07, 6.45) is 8.79. The van der Waals surface area contributed by atoms with Crippen molar-refractivity contribution in [2.45, 2.75) is 51.2 Å². The highest BCUT2D eigenvalue weighted by Gasteiger charge is 2.30. The second-order valence-corrected chi connectivity index (χ2v) is 7.74. The summed E-state index contributed by atoms with van der Waals surface area (Å²) in [4.78, 5) is 13.4. The van der Waals surface area contributed by atoms with Crippen LogP contribution in [0.15, 0.2) is 42.9 Å². The molecule has 1 fully saturated rings. The molecular formula is C21H24FN5O. The molecule has 1 aliphatic carbocycles. The number of anilines is 2. The van der Waals surface area contributed by atoms with Crippen molar-refractivity contribution in [1.82, 2.24) is 19.5 Å². The molecule has 4 rings (SSSR count). The summed E-state index contributed by atoms with van der Waals surface area (Å²) in [5.74, 6) is 0.951. The molecule has 0 bridgehead atoms. The smallest absolute Gasteiger partial charge is 0.227 e. The molecule has 146 valence electrons. The number of nitrogens with one attached hydrogen (secondary N) is 1. The molecule has 1 aromatic carbocycles. The van der Waals surface area contributed by atoms with E-state index in [0.29, 0.717) is 12.0 Å². The number of imidazole rings is 1. The van der Waals surface area contributed by atoms with Crippen molar-refractivity contribution in [3.8, 4) is 11.5 Å². The molecule has 2 N–H and O–H groups in total. The van der Waals surface area contributed by atoms with E-state index in [-0.39, 0.29) is 5.82 Å². The molecule has 0 unspecified atom stereocenters. The Morgan fingerprint density at radius 3 is 2.71 bits per heavy atom. The van der Waals surface area contributed by atoms with Crippen LogP contribution < -0.4 is 5.32 Å². The van der Waals surface area contributed by atoms with E-state index in [4.69, 9.17) is 0 Å². The van der Waals surface area contributed by atoms with E-state index >= 15 is 0 Å². The largest absolute Gasteiger partial charge is 0.390 e. The van der Waals surface area contributed by atoms with Gasteiger partial charge in [0.1, 0.15) is 11.5 Å². The standard InChI is InChI=1S/C21H24FN5O/c1-14-13-15(22)3-4-17(14)25-20-24-10-7-18(26-20)19-23-11-12-27(19)16-5-8-21(2,28)9-6-16/h3-4,7,10-13,16,28H,5-6,8-9H2,1-2H3,(H,24,25,26). The highest BCUT2D eigenvalue weighted by atomic mass is 19.1. The van der Waals surface area contributed by atoms with E-state index in [1.807, 2.05) is 26.1 Å². The Labute approximate surface area is 163 Å². The van der Waals surface area contributed by atoms with Crippen molar-refractivity contribution in [2.75, 3.05) is 5.32 Å². The van der Waals surface area contributed by atoms with Crippen LogP contribution in [-0.4, -0.2) is 30.2 Å². The quantitative estimate of drug-likeness (QED) is 0.701. The van der Waals surface area contributed by atoms with Crippen molar-refractivity contribution in [2.24, 2.45) is 0 Å². The van der Waals surface area contributed by atoms with E-state index in [2.05, 4.69) is 24.8 Å². The number of halogens is 1. The molecule has 2 aromatic heterocycles. The van der Waals surface area contributed by atoms with Gasteiger partial charge < -0.3 is 15.0 Å². The van der Waals surface area contributed by atoms with Crippen LogP contribution in [0.25, 0.3) is 11.5 Å². The highest BCUT2D eigenvalue weighted by Crippen LogP contribution is 2.36. The van der Waals surface area contributed by atoms with Gasteiger partial charge in [-0.15, -0.1) is 0 Å². The number of benzene rings is 1. The summed E-state index contributed by atoms with van der Waals surface area (Å²) < 4.78 is 15.5. The van der Waals surface area contributed by atoms with Gasteiger partial charge in [0, 0.05) is 30.3 Å². The average Bonchev–Trinajstić information content (AvgIpc) is 3.14. The molecule has 6 nitrogen and oxygen atoms in total. The first-order valence-corrected chi connectivity index (χ1v) is 9.53. The van der Waals surface area contributed by atoms with Gasteiger partial charge in [0.05, 0.1) is 5.60 Å². The summed E-state index contributed by atoms with van der Waals surface area (Å²) in [6.45, 7) is 3.73.